The maximum Gasteiger partial charge on any atom is 0.257 e. The number of ether oxygens (including phenoxy) is 1. The molecule has 2 aromatic carbocycles. The average molecular weight is 483 g/mol. The Labute approximate surface area is 185 Å². The van der Waals surface area contributed by atoms with Crippen LogP contribution in [-0.4, -0.2) is 28.1 Å². The molecule has 0 atom stereocenters. The number of anilines is 1. The molecule has 0 fully saturated rings. The molecule has 0 saturated carbocycles. The summed E-state index contributed by atoms with van der Waals surface area (Å²) in [6.45, 7) is 0. The maximum atomic E-state index is 12.4. The zero-order valence-corrected chi connectivity index (χ0v) is 18.1. The van der Waals surface area contributed by atoms with Crippen LogP contribution in [0, 0.1) is 0 Å². The third-order valence-corrected chi connectivity index (χ3v) is 5.04. The lowest BCUT2D eigenvalue weighted by Crippen LogP contribution is -2.34. The van der Waals surface area contributed by atoms with Gasteiger partial charge >= 0.3 is 0 Å². The second-order valence-electron chi connectivity index (χ2n) is 6.19. The fraction of sp³-hybridized carbons (Fsp3) is 0.0476. The molecule has 0 unspecified atom stereocenters. The molecule has 4 rings (SSSR count). The summed E-state index contributed by atoms with van der Waals surface area (Å²) in [5, 5.41) is 5.82. The molecular formula is C21H15BrN4O3S. The number of amides is 1. The lowest BCUT2D eigenvalue weighted by atomic mass is 10.2. The number of rotatable bonds is 4. The van der Waals surface area contributed by atoms with Gasteiger partial charge in [0.25, 0.3) is 5.91 Å². The Kier molecular flexibility index (Phi) is 5.73. The fourth-order valence-corrected chi connectivity index (χ4v) is 3.52. The Morgan fingerprint density at radius 1 is 1.13 bits per heavy atom. The first-order valence-electron chi connectivity index (χ1n) is 8.80. The van der Waals surface area contributed by atoms with Crippen molar-refractivity contribution in [3.05, 3.63) is 71.0 Å². The minimum absolute atomic E-state index is 0.171. The third kappa shape index (κ3) is 4.32. The van der Waals surface area contributed by atoms with Crippen LogP contribution < -0.4 is 15.4 Å². The van der Waals surface area contributed by atoms with Crippen molar-refractivity contribution in [2.24, 2.45) is 0 Å². The van der Waals surface area contributed by atoms with Crippen molar-refractivity contribution in [1.29, 1.82) is 0 Å². The lowest BCUT2D eigenvalue weighted by molar-refractivity contribution is 0.0977. The number of fused-ring (bicyclic) bond motifs is 1. The number of pyridine rings is 1. The van der Waals surface area contributed by atoms with Crippen LogP contribution in [-0.2, 0) is 0 Å². The van der Waals surface area contributed by atoms with Crippen LogP contribution in [0.1, 0.15) is 10.4 Å². The highest BCUT2D eigenvalue weighted by Gasteiger charge is 2.12. The molecule has 2 N–H and O–H groups in total. The number of oxazole rings is 1. The van der Waals surface area contributed by atoms with Gasteiger partial charge in [-0.05, 0) is 76.7 Å². The minimum atomic E-state index is -0.335. The van der Waals surface area contributed by atoms with Crippen molar-refractivity contribution in [2.45, 2.75) is 0 Å². The van der Waals surface area contributed by atoms with E-state index >= 15 is 0 Å². The van der Waals surface area contributed by atoms with Gasteiger partial charge in [-0.25, -0.2) is 4.98 Å². The molecule has 2 heterocycles. The summed E-state index contributed by atoms with van der Waals surface area (Å²) in [4.78, 5) is 20.9. The molecule has 0 radical (unpaired) electrons. The van der Waals surface area contributed by atoms with Gasteiger partial charge in [0.05, 0.1) is 11.6 Å². The fourth-order valence-electron chi connectivity index (χ4n) is 2.77. The molecule has 4 aromatic rings. The Balaban J connectivity index is 1.46. The monoisotopic (exact) mass is 482 g/mol. The number of hydrogen-bond acceptors (Lipinski definition) is 6. The van der Waals surface area contributed by atoms with Gasteiger partial charge in [-0.15, -0.1) is 0 Å². The highest BCUT2D eigenvalue weighted by atomic mass is 79.9. The van der Waals surface area contributed by atoms with Crippen molar-refractivity contribution in [3.8, 4) is 17.2 Å². The molecule has 0 saturated heterocycles. The molecule has 1 amide bonds. The quantitative estimate of drug-likeness (QED) is 0.404. The Hall–Kier alpha value is -3.30. The zero-order chi connectivity index (χ0) is 21.1. The van der Waals surface area contributed by atoms with Crippen molar-refractivity contribution in [1.82, 2.24) is 15.3 Å². The average Bonchev–Trinajstić information content (AvgIpc) is 3.17. The van der Waals surface area contributed by atoms with Gasteiger partial charge in [0.15, 0.2) is 10.7 Å². The number of carbonyl (C=O) groups excluding carboxylic acids is 1. The van der Waals surface area contributed by atoms with Crippen LogP contribution in [0.5, 0.6) is 5.75 Å². The highest BCUT2D eigenvalue weighted by molar-refractivity contribution is 9.10. The first-order valence-corrected chi connectivity index (χ1v) is 10.0. The first-order chi connectivity index (χ1) is 14.5. The molecule has 30 heavy (non-hydrogen) atoms. The Morgan fingerprint density at radius 2 is 1.93 bits per heavy atom. The van der Waals surface area contributed by atoms with Gasteiger partial charge in [0.1, 0.15) is 11.3 Å². The molecule has 2 aromatic heterocycles. The van der Waals surface area contributed by atoms with Crippen LogP contribution in [0.3, 0.4) is 0 Å². The van der Waals surface area contributed by atoms with Crippen molar-refractivity contribution >= 4 is 56.0 Å². The molecule has 0 aliphatic carbocycles. The van der Waals surface area contributed by atoms with E-state index in [1.807, 2.05) is 12.1 Å². The van der Waals surface area contributed by atoms with Gasteiger partial charge in [-0.3, -0.25) is 15.1 Å². The van der Waals surface area contributed by atoms with E-state index in [-0.39, 0.29) is 11.0 Å². The highest BCUT2D eigenvalue weighted by Crippen LogP contribution is 2.26. The normalized spacial score (nSPS) is 10.6. The summed E-state index contributed by atoms with van der Waals surface area (Å²) in [5.41, 5.74) is 3.27. The lowest BCUT2D eigenvalue weighted by Gasteiger charge is -2.10. The van der Waals surface area contributed by atoms with Gasteiger partial charge in [-0.1, -0.05) is 0 Å². The number of hydrogen-bond donors (Lipinski definition) is 2. The molecule has 9 heteroatoms. The zero-order valence-electron chi connectivity index (χ0n) is 15.7. The van der Waals surface area contributed by atoms with E-state index in [9.17, 15) is 4.79 Å². The number of carbonyl (C=O) groups is 1. The summed E-state index contributed by atoms with van der Waals surface area (Å²) in [7, 11) is 1.56. The van der Waals surface area contributed by atoms with E-state index in [0.717, 1.165) is 5.56 Å². The Bertz CT molecular complexity index is 1240. The molecule has 0 bridgehead atoms. The van der Waals surface area contributed by atoms with Gasteiger partial charge in [0, 0.05) is 29.2 Å². The van der Waals surface area contributed by atoms with E-state index in [1.54, 1.807) is 55.9 Å². The van der Waals surface area contributed by atoms with Crippen LogP contribution in [0.15, 0.2) is 69.8 Å². The van der Waals surface area contributed by atoms with E-state index < -0.39 is 0 Å². The summed E-state index contributed by atoms with van der Waals surface area (Å²) < 4.78 is 11.6. The SMILES string of the molecule is COc1ccc(C(=O)NC(=S)Nc2ccc3oc(-c4ccncc4)nc3c2)cc1Br. The number of nitrogens with one attached hydrogen (secondary N) is 2. The predicted molar refractivity (Wildman–Crippen MR) is 122 cm³/mol. The molecular weight excluding hydrogens is 468 g/mol. The summed E-state index contributed by atoms with van der Waals surface area (Å²) in [6.07, 6.45) is 3.36. The van der Waals surface area contributed by atoms with Crippen molar-refractivity contribution in [2.75, 3.05) is 12.4 Å². The predicted octanol–water partition coefficient (Wildman–Crippen LogP) is 4.79. The summed E-state index contributed by atoms with van der Waals surface area (Å²) in [6, 6.07) is 14.1. The third-order valence-electron chi connectivity index (χ3n) is 4.21. The standard InChI is InChI=1S/C21H15BrN4O3S/c1-28-17-4-2-13(10-15(17)22)19(27)26-21(30)24-14-3-5-18-16(11-14)25-20(29-18)12-6-8-23-9-7-12/h2-11H,1H3,(H2,24,26,27,30). The smallest absolute Gasteiger partial charge is 0.257 e. The molecule has 0 spiro atoms. The van der Waals surface area contributed by atoms with Crippen molar-refractivity contribution < 1.29 is 13.9 Å². The van der Waals surface area contributed by atoms with Crippen LogP contribution in [0.4, 0.5) is 5.69 Å². The number of methoxy groups -OCH3 is 1. The van der Waals surface area contributed by atoms with E-state index in [2.05, 4.69) is 36.5 Å². The Morgan fingerprint density at radius 3 is 2.67 bits per heavy atom. The van der Waals surface area contributed by atoms with E-state index in [1.165, 1.54) is 0 Å². The minimum Gasteiger partial charge on any atom is -0.496 e. The summed E-state index contributed by atoms with van der Waals surface area (Å²) >= 11 is 8.63. The molecule has 150 valence electrons. The molecule has 0 aliphatic rings. The molecule has 7 nitrogen and oxygen atoms in total. The number of benzene rings is 2. The van der Waals surface area contributed by atoms with Crippen LogP contribution >= 0.6 is 28.1 Å². The number of nitrogens with zero attached hydrogens (tertiary/aromatic N) is 2. The number of halogens is 1. The topological polar surface area (TPSA) is 89.3 Å². The largest absolute Gasteiger partial charge is 0.496 e. The second-order valence-corrected chi connectivity index (χ2v) is 7.46. The van der Waals surface area contributed by atoms with Gasteiger partial charge in [-0.2, -0.15) is 0 Å². The number of aromatic nitrogens is 2. The van der Waals surface area contributed by atoms with Gasteiger partial charge < -0.3 is 14.5 Å². The van der Waals surface area contributed by atoms with Crippen LogP contribution in [0.25, 0.3) is 22.6 Å². The second kappa shape index (κ2) is 8.60. The number of thiocarbonyl (C=S) groups is 1. The first kappa shape index (κ1) is 20.0. The maximum absolute atomic E-state index is 12.4. The van der Waals surface area contributed by atoms with E-state index in [4.69, 9.17) is 21.4 Å². The molecule has 0 aliphatic heterocycles. The summed E-state index contributed by atoms with van der Waals surface area (Å²) in [5.74, 6) is 0.808. The van der Waals surface area contributed by atoms with Crippen molar-refractivity contribution in [3.63, 3.8) is 0 Å². The van der Waals surface area contributed by atoms with E-state index in [0.29, 0.717) is 38.5 Å². The van der Waals surface area contributed by atoms with Crippen LogP contribution in [0.2, 0.25) is 0 Å². The van der Waals surface area contributed by atoms with Gasteiger partial charge in [0.2, 0.25) is 5.89 Å².